The van der Waals surface area contributed by atoms with Crippen LogP contribution in [0.3, 0.4) is 0 Å². The summed E-state index contributed by atoms with van der Waals surface area (Å²) in [6.45, 7) is 2.44. The first-order valence-corrected chi connectivity index (χ1v) is 8.15. The fourth-order valence-corrected chi connectivity index (χ4v) is 2.68. The first kappa shape index (κ1) is 16.0. The Morgan fingerprint density at radius 3 is 2.54 bits per heavy atom. The van der Waals surface area contributed by atoms with Crippen molar-refractivity contribution in [2.24, 2.45) is 0 Å². The molecule has 0 unspecified atom stereocenters. The zero-order valence-corrected chi connectivity index (χ0v) is 14.5. The van der Waals surface area contributed by atoms with Crippen molar-refractivity contribution >= 4 is 0 Å². The van der Waals surface area contributed by atoms with Gasteiger partial charge in [-0.25, -0.2) is 0 Å². The third kappa shape index (κ3) is 3.32. The van der Waals surface area contributed by atoms with Crippen molar-refractivity contribution in [1.29, 1.82) is 0 Å². The molecule has 4 rings (SSSR count). The molecule has 0 aliphatic carbocycles. The van der Waals surface area contributed by atoms with E-state index in [2.05, 4.69) is 20.5 Å². The van der Waals surface area contributed by atoms with Gasteiger partial charge in [-0.15, -0.1) is 10.2 Å². The van der Waals surface area contributed by atoms with Crippen molar-refractivity contribution in [2.45, 2.75) is 13.5 Å². The summed E-state index contributed by atoms with van der Waals surface area (Å²) in [5.74, 6) is 1.28. The van der Waals surface area contributed by atoms with E-state index in [1.54, 1.807) is 13.2 Å². The highest BCUT2D eigenvalue weighted by atomic mass is 16.5. The van der Waals surface area contributed by atoms with Gasteiger partial charge >= 0.3 is 0 Å². The van der Waals surface area contributed by atoms with E-state index in [9.17, 15) is 0 Å². The van der Waals surface area contributed by atoms with Crippen molar-refractivity contribution in [2.75, 3.05) is 7.11 Å². The van der Waals surface area contributed by atoms with Crippen LogP contribution < -0.4 is 4.74 Å². The van der Waals surface area contributed by atoms with Gasteiger partial charge in [0.05, 0.1) is 25.0 Å². The van der Waals surface area contributed by atoms with Crippen LogP contribution in [0.1, 0.15) is 11.5 Å². The molecule has 4 aromatic rings. The Morgan fingerprint density at radius 2 is 1.85 bits per heavy atom. The van der Waals surface area contributed by atoms with Crippen LogP contribution in [0.2, 0.25) is 0 Å². The van der Waals surface area contributed by atoms with E-state index in [0.29, 0.717) is 12.4 Å². The predicted octanol–water partition coefficient (Wildman–Crippen LogP) is 3.36. The van der Waals surface area contributed by atoms with E-state index in [4.69, 9.17) is 9.26 Å². The minimum Gasteiger partial charge on any atom is -0.480 e. The average molecular weight is 347 g/mol. The van der Waals surface area contributed by atoms with Gasteiger partial charge in [-0.05, 0) is 25.1 Å². The lowest BCUT2D eigenvalue weighted by atomic mass is 10.1. The highest BCUT2D eigenvalue weighted by Gasteiger charge is 2.08. The first-order valence-electron chi connectivity index (χ1n) is 8.15. The molecule has 0 fully saturated rings. The van der Waals surface area contributed by atoms with Crippen LogP contribution in [0, 0.1) is 6.92 Å². The van der Waals surface area contributed by atoms with E-state index in [1.165, 1.54) is 0 Å². The topological polar surface area (TPSA) is 78.9 Å². The monoisotopic (exact) mass is 347 g/mol. The second-order valence-corrected chi connectivity index (χ2v) is 5.87. The molecule has 1 aromatic carbocycles. The molecule has 130 valence electrons. The van der Waals surface area contributed by atoms with E-state index >= 15 is 0 Å². The second-order valence-electron chi connectivity index (χ2n) is 5.87. The zero-order valence-electron chi connectivity index (χ0n) is 14.5. The number of hydrogen-bond donors (Lipinski definition) is 0. The largest absolute Gasteiger partial charge is 0.480 e. The van der Waals surface area contributed by atoms with E-state index in [-0.39, 0.29) is 0 Å². The summed E-state index contributed by atoms with van der Waals surface area (Å²) in [4.78, 5) is 0. The van der Waals surface area contributed by atoms with Gasteiger partial charge in [0, 0.05) is 29.5 Å². The Labute approximate surface area is 150 Å². The molecule has 0 amide bonds. The Morgan fingerprint density at radius 1 is 1.00 bits per heavy atom. The molecule has 3 heterocycles. The lowest BCUT2D eigenvalue weighted by molar-refractivity contribution is 0.388. The van der Waals surface area contributed by atoms with Crippen LogP contribution in [-0.4, -0.2) is 32.2 Å². The number of rotatable bonds is 5. The van der Waals surface area contributed by atoms with Crippen molar-refractivity contribution in [3.05, 3.63) is 66.2 Å². The van der Waals surface area contributed by atoms with Crippen LogP contribution in [0.4, 0.5) is 0 Å². The standard InChI is InChI=1S/C19H17N5O2/c1-13-10-16(23-26-13)12-24-9-8-18(22-24)15-5-3-4-14(11-15)17-6-7-19(25-2)21-20-17/h3-11H,12H2,1-2H3. The molecule has 0 saturated heterocycles. The molecule has 0 aliphatic heterocycles. The lowest BCUT2D eigenvalue weighted by Crippen LogP contribution is -2.00. The quantitative estimate of drug-likeness (QED) is 0.551. The van der Waals surface area contributed by atoms with Crippen molar-refractivity contribution in [3.63, 3.8) is 0 Å². The molecular weight excluding hydrogens is 330 g/mol. The number of aromatic nitrogens is 5. The third-order valence-corrected chi connectivity index (χ3v) is 3.94. The van der Waals surface area contributed by atoms with Crippen molar-refractivity contribution in [3.8, 4) is 28.4 Å². The van der Waals surface area contributed by atoms with Crippen LogP contribution in [-0.2, 0) is 6.54 Å². The van der Waals surface area contributed by atoms with Gasteiger partial charge in [0.15, 0.2) is 0 Å². The summed E-state index contributed by atoms with van der Waals surface area (Å²) >= 11 is 0. The van der Waals surface area contributed by atoms with Crippen LogP contribution in [0.5, 0.6) is 5.88 Å². The van der Waals surface area contributed by atoms with E-state index in [0.717, 1.165) is 34.0 Å². The molecule has 0 bridgehead atoms. The third-order valence-electron chi connectivity index (χ3n) is 3.94. The normalized spacial score (nSPS) is 10.8. The molecule has 0 aliphatic rings. The minimum absolute atomic E-state index is 0.492. The van der Waals surface area contributed by atoms with Gasteiger partial charge in [-0.1, -0.05) is 23.4 Å². The van der Waals surface area contributed by atoms with Crippen LogP contribution in [0.15, 0.2) is 59.3 Å². The fourth-order valence-electron chi connectivity index (χ4n) is 2.68. The first-order chi connectivity index (χ1) is 12.7. The Bertz CT molecular complexity index is 1020. The maximum Gasteiger partial charge on any atom is 0.233 e. The number of hydrogen-bond acceptors (Lipinski definition) is 6. The average Bonchev–Trinajstić information content (AvgIpc) is 3.31. The van der Waals surface area contributed by atoms with Gasteiger partial charge in [0.2, 0.25) is 5.88 Å². The molecule has 0 saturated carbocycles. The molecule has 0 radical (unpaired) electrons. The smallest absolute Gasteiger partial charge is 0.233 e. The summed E-state index contributed by atoms with van der Waals surface area (Å²) in [5.41, 5.74) is 4.49. The molecule has 26 heavy (non-hydrogen) atoms. The van der Waals surface area contributed by atoms with E-state index in [1.807, 2.05) is 60.3 Å². The van der Waals surface area contributed by atoms with Crippen molar-refractivity contribution in [1.82, 2.24) is 25.1 Å². The molecule has 0 spiro atoms. The highest BCUT2D eigenvalue weighted by Crippen LogP contribution is 2.24. The summed E-state index contributed by atoms with van der Waals surface area (Å²) in [6, 6.07) is 15.6. The number of ether oxygens (including phenoxy) is 1. The number of nitrogens with zero attached hydrogens (tertiary/aromatic N) is 5. The van der Waals surface area contributed by atoms with Crippen molar-refractivity contribution < 1.29 is 9.26 Å². The van der Waals surface area contributed by atoms with Crippen LogP contribution >= 0.6 is 0 Å². The second kappa shape index (κ2) is 6.79. The molecule has 3 aromatic heterocycles. The highest BCUT2D eigenvalue weighted by molar-refractivity contribution is 5.69. The molecular formula is C19H17N5O2. The Kier molecular flexibility index (Phi) is 4.18. The van der Waals surface area contributed by atoms with Gasteiger partial charge in [0.1, 0.15) is 11.5 Å². The zero-order chi connectivity index (χ0) is 17.9. The maximum absolute atomic E-state index is 5.10. The maximum atomic E-state index is 5.10. The van der Waals surface area contributed by atoms with Crippen LogP contribution in [0.25, 0.3) is 22.5 Å². The number of aryl methyl sites for hydroxylation is 1. The van der Waals surface area contributed by atoms with Gasteiger partial charge < -0.3 is 9.26 Å². The van der Waals surface area contributed by atoms with E-state index < -0.39 is 0 Å². The molecule has 0 atom stereocenters. The summed E-state index contributed by atoms with van der Waals surface area (Å²) in [7, 11) is 1.57. The Balaban J connectivity index is 1.58. The fraction of sp³-hybridized carbons (Fsp3) is 0.158. The number of benzene rings is 1. The van der Waals surface area contributed by atoms with Gasteiger partial charge in [-0.2, -0.15) is 5.10 Å². The lowest BCUT2D eigenvalue weighted by Gasteiger charge is -2.04. The SMILES string of the molecule is COc1ccc(-c2cccc(-c3ccn(Cc4cc(C)on4)n3)c2)nn1. The predicted molar refractivity (Wildman–Crippen MR) is 95.6 cm³/mol. The summed E-state index contributed by atoms with van der Waals surface area (Å²) in [6.07, 6.45) is 1.93. The number of methoxy groups -OCH3 is 1. The summed E-state index contributed by atoms with van der Waals surface area (Å²) < 4.78 is 12.0. The summed E-state index contributed by atoms with van der Waals surface area (Å²) in [5, 5.41) is 16.8. The van der Waals surface area contributed by atoms with Gasteiger partial charge in [-0.3, -0.25) is 4.68 Å². The molecule has 7 nitrogen and oxygen atoms in total. The minimum atomic E-state index is 0.492. The molecule has 0 N–H and O–H groups in total. The Hall–Kier alpha value is -3.48. The van der Waals surface area contributed by atoms with Gasteiger partial charge in [0.25, 0.3) is 0 Å². The molecule has 7 heteroatoms.